The van der Waals surface area contributed by atoms with Crippen LogP contribution in [-0.2, 0) is 10.0 Å². The number of nitro benzene ring substituents is 2. The van der Waals surface area contributed by atoms with Crippen LogP contribution >= 0.6 is 23.2 Å². The van der Waals surface area contributed by atoms with Crippen LogP contribution in [0, 0.1) is 20.2 Å². The molecule has 0 fully saturated rings. The Morgan fingerprint density at radius 2 is 1.58 bits per heavy atom. The lowest BCUT2D eigenvalue weighted by molar-refractivity contribution is -0.396. The number of hydrogen-bond donors (Lipinski definition) is 1. The van der Waals surface area contributed by atoms with Crippen molar-refractivity contribution in [1.82, 2.24) is 0 Å². The van der Waals surface area contributed by atoms with Gasteiger partial charge < -0.3 is 0 Å². The van der Waals surface area contributed by atoms with E-state index in [2.05, 4.69) is 4.72 Å². The van der Waals surface area contributed by atoms with Crippen molar-refractivity contribution >= 4 is 50.3 Å². The molecule has 0 spiro atoms. The molecule has 0 atom stereocenters. The maximum absolute atomic E-state index is 12.3. The number of hydrogen-bond acceptors (Lipinski definition) is 6. The molecule has 0 bridgehead atoms. The van der Waals surface area contributed by atoms with Crippen LogP contribution in [0.15, 0.2) is 41.3 Å². The smallest absolute Gasteiger partial charge is 0.279 e. The quantitative estimate of drug-likeness (QED) is 0.611. The first kappa shape index (κ1) is 17.9. The van der Waals surface area contributed by atoms with Gasteiger partial charge in [-0.15, -0.1) is 0 Å². The number of nitrogens with zero attached hydrogens (tertiary/aromatic N) is 2. The summed E-state index contributed by atoms with van der Waals surface area (Å²) >= 11 is 11.5. The minimum Gasteiger partial charge on any atom is -0.279 e. The van der Waals surface area contributed by atoms with E-state index >= 15 is 0 Å². The molecule has 0 aliphatic carbocycles. The molecule has 0 aromatic heterocycles. The number of anilines is 1. The molecule has 0 aliphatic heterocycles. The van der Waals surface area contributed by atoms with Crippen molar-refractivity contribution < 1.29 is 18.3 Å². The Hall–Kier alpha value is -2.43. The maximum atomic E-state index is 12.3. The summed E-state index contributed by atoms with van der Waals surface area (Å²) in [4.78, 5) is 19.1. The Labute approximate surface area is 145 Å². The van der Waals surface area contributed by atoms with E-state index in [0.717, 1.165) is 12.1 Å². The molecule has 9 nitrogen and oxygen atoms in total. The number of sulfonamides is 1. The fourth-order valence-electron chi connectivity index (χ4n) is 1.76. The van der Waals surface area contributed by atoms with Gasteiger partial charge in [-0.25, -0.2) is 8.42 Å². The number of halogens is 2. The van der Waals surface area contributed by atoms with Gasteiger partial charge in [-0.3, -0.25) is 25.0 Å². The zero-order valence-electron chi connectivity index (χ0n) is 11.5. The third-order valence-electron chi connectivity index (χ3n) is 2.81. The van der Waals surface area contributed by atoms with Crippen LogP contribution in [0.4, 0.5) is 17.1 Å². The minimum atomic E-state index is -4.38. The lowest BCUT2D eigenvalue weighted by atomic mass is 10.3. The topological polar surface area (TPSA) is 132 Å². The van der Waals surface area contributed by atoms with Crippen LogP contribution in [0.1, 0.15) is 0 Å². The van der Waals surface area contributed by atoms with Gasteiger partial charge in [-0.05, 0) is 24.3 Å². The van der Waals surface area contributed by atoms with Crippen LogP contribution in [0.5, 0.6) is 0 Å². The first-order valence-corrected chi connectivity index (χ1v) is 8.26. The highest BCUT2D eigenvalue weighted by Gasteiger charge is 2.28. The summed E-state index contributed by atoms with van der Waals surface area (Å²) in [6.45, 7) is 0. The van der Waals surface area contributed by atoms with E-state index in [-0.39, 0.29) is 15.7 Å². The number of nitro groups is 2. The molecule has 2 rings (SSSR count). The van der Waals surface area contributed by atoms with Crippen molar-refractivity contribution in [3.63, 3.8) is 0 Å². The molecular weight excluding hydrogens is 385 g/mol. The second kappa shape index (κ2) is 6.59. The first-order valence-electron chi connectivity index (χ1n) is 6.02. The number of non-ortho nitro benzene ring substituents is 1. The zero-order chi connectivity index (χ0) is 18.1. The Morgan fingerprint density at radius 3 is 2.12 bits per heavy atom. The summed E-state index contributed by atoms with van der Waals surface area (Å²) in [6, 6.07) is 6.09. The fraction of sp³-hybridized carbons (Fsp3) is 0. The summed E-state index contributed by atoms with van der Waals surface area (Å²) in [5.41, 5.74) is -1.50. The normalized spacial score (nSPS) is 11.1. The average Bonchev–Trinajstić information content (AvgIpc) is 2.50. The van der Waals surface area contributed by atoms with Gasteiger partial charge in [0.25, 0.3) is 21.4 Å². The fourth-order valence-corrected chi connectivity index (χ4v) is 3.26. The molecule has 0 heterocycles. The van der Waals surface area contributed by atoms with Crippen molar-refractivity contribution in [3.8, 4) is 0 Å². The van der Waals surface area contributed by atoms with Crippen molar-refractivity contribution in [1.29, 1.82) is 0 Å². The monoisotopic (exact) mass is 391 g/mol. The van der Waals surface area contributed by atoms with E-state index in [1.807, 2.05) is 0 Å². The SMILES string of the molecule is O=[N+]([O-])c1ccc(S(=O)(=O)Nc2ccc(Cl)c(Cl)c2)c([N+](=O)[O-])c1. The highest BCUT2D eigenvalue weighted by molar-refractivity contribution is 7.92. The Balaban J connectivity index is 2.50. The van der Waals surface area contributed by atoms with E-state index in [9.17, 15) is 28.6 Å². The second-order valence-corrected chi connectivity index (χ2v) is 6.87. The van der Waals surface area contributed by atoms with Gasteiger partial charge in [0, 0.05) is 6.07 Å². The van der Waals surface area contributed by atoms with E-state index in [4.69, 9.17) is 23.2 Å². The number of nitrogens with one attached hydrogen (secondary N) is 1. The lowest BCUT2D eigenvalue weighted by Gasteiger charge is -2.09. The van der Waals surface area contributed by atoms with Crippen LogP contribution in [0.2, 0.25) is 10.0 Å². The van der Waals surface area contributed by atoms with Crippen molar-refractivity contribution in [2.75, 3.05) is 4.72 Å². The van der Waals surface area contributed by atoms with Gasteiger partial charge in [0.15, 0.2) is 4.90 Å². The summed E-state index contributed by atoms with van der Waals surface area (Å²) < 4.78 is 26.8. The minimum absolute atomic E-state index is 0.0250. The molecule has 1 N–H and O–H groups in total. The highest BCUT2D eigenvalue weighted by atomic mass is 35.5. The van der Waals surface area contributed by atoms with Gasteiger partial charge >= 0.3 is 0 Å². The highest BCUT2D eigenvalue weighted by Crippen LogP contribution is 2.31. The van der Waals surface area contributed by atoms with E-state index in [1.165, 1.54) is 18.2 Å². The molecule has 0 saturated heterocycles. The van der Waals surface area contributed by atoms with Crippen LogP contribution in [0.25, 0.3) is 0 Å². The average molecular weight is 392 g/mol. The second-order valence-electron chi connectivity index (χ2n) is 4.40. The molecule has 12 heteroatoms. The number of benzene rings is 2. The Bertz CT molecular complexity index is 948. The summed E-state index contributed by atoms with van der Waals surface area (Å²) in [5.74, 6) is 0. The van der Waals surface area contributed by atoms with Gasteiger partial charge in [0.2, 0.25) is 0 Å². The molecule has 0 amide bonds. The third-order valence-corrected chi connectivity index (χ3v) is 4.98. The molecule has 0 saturated carbocycles. The Morgan fingerprint density at radius 1 is 0.917 bits per heavy atom. The van der Waals surface area contributed by atoms with E-state index < -0.39 is 36.1 Å². The van der Waals surface area contributed by atoms with Gasteiger partial charge in [0.05, 0.1) is 31.6 Å². The van der Waals surface area contributed by atoms with Crippen LogP contribution in [-0.4, -0.2) is 18.3 Å². The van der Waals surface area contributed by atoms with Crippen molar-refractivity contribution in [2.45, 2.75) is 4.90 Å². The summed E-state index contributed by atoms with van der Waals surface area (Å²) in [6.07, 6.45) is 0. The van der Waals surface area contributed by atoms with Gasteiger partial charge in [-0.2, -0.15) is 0 Å². The third kappa shape index (κ3) is 3.72. The zero-order valence-corrected chi connectivity index (χ0v) is 13.8. The van der Waals surface area contributed by atoms with Crippen molar-refractivity contribution in [3.05, 3.63) is 66.7 Å². The molecule has 0 aliphatic rings. The molecule has 24 heavy (non-hydrogen) atoms. The van der Waals surface area contributed by atoms with Crippen molar-refractivity contribution in [2.24, 2.45) is 0 Å². The predicted octanol–water partition coefficient (Wildman–Crippen LogP) is 3.61. The van der Waals surface area contributed by atoms with E-state index in [0.29, 0.717) is 6.07 Å². The Kier molecular flexibility index (Phi) is 4.92. The predicted molar refractivity (Wildman–Crippen MR) is 87.0 cm³/mol. The first-order chi connectivity index (χ1) is 11.1. The van der Waals surface area contributed by atoms with Crippen LogP contribution in [0.3, 0.4) is 0 Å². The van der Waals surface area contributed by atoms with Gasteiger partial charge in [0.1, 0.15) is 0 Å². The molecular formula is C12H7Cl2N3O6S. The lowest BCUT2D eigenvalue weighted by Crippen LogP contribution is -2.15. The molecule has 2 aromatic rings. The molecule has 2 aromatic carbocycles. The molecule has 0 radical (unpaired) electrons. The maximum Gasteiger partial charge on any atom is 0.296 e. The van der Waals surface area contributed by atoms with Gasteiger partial charge in [-0.1, -0.05) is 23.2 Å². The summed E-state index contributed by atoms with van der Waals surface area (Å²) in [5, 5.41) is 22.0. The molecule has 0 unspecified atom stereocenters. The van der Waals surface area contributed by atoms with E-state index in [1.54, 1.807) is 0 Å². The molecule has 126 valence electrons. The summed E-state index contributed by atoms with van der Waals surface area (Å²) in [7, 11) is -4.38. The largest absolute Gasteiger partial charge is 0.296 e. The standard InChI is InChI=1S/C12H7Cl2N3O6S/c13-9-3-1-7(5-10(9)14)15-24(22,23)12-4-2-8(16(18)19)6-11(12)17(20)21/h1-6,15H. The van der Waals surface area contributed by atoms with Crippen LogP contribution < -0.4 is 4.72 Å². The number of rotatable bonds is 5.